The Morgan fingerprint density at radius 2 is 1.63 bits per heavy atom. The summed E-state index contributed by atoms with van der Waals surface area (Å²) in [4.78, 5) is 38.5. The highest BCUT2D eigenvalue weighted by Crippen LogP contribution is 2.31. The van der Waals surface area contributed by atoms with Crippen LogP contribution in [0.25, 0.3) is 11.1 Å². The molecule has 1 aliphatic heterocycles. The maximum absolute atomic E-state index is 13.0. The number of carbonyl (C=O) groups excluding carboxylic acids is 2. The van der Waals surface area contributed by atoms with E-state index in [2.05, 4.69) is 10.6 Å². The van der Waals surface area contributed by atoms with E-state index in [4.69, 9.17) is 4.74 Å². The van der Waals surface area contributed by atoms with E-state index in [0.717, 1.165) is 16.7 Å². The van der Waals surface area contributed by atoms with Gasteiger partial charge in [0.1, 0.15) is 11.8 Å². The van der Waals surface area contributed by atoms with Gasteiger partial charge in [-0.25, -0.2) is 9.59 Å². The summed E-state index contributed by atoms with van der Waals surface area (Å²) in [5.41, 5.74) is 4.27. The number of fused-ring (bicyclic) bond motifs is 1. The Bertz CT molecular complexity index is 1270. The van der Waals surface area contributed by atoms with Gasteiger partial charge in [-0.3, -0.25) is 4.79 Å². The van der Waals surface area contributed by atoms with Crippen LogP contribution in [0.1, 0.15) is 29.8 Å². The standard InChI is InChI=1S/C27H27N3O5/c1-16(2)24(26(32)33)30-15-19-8-7-18(13-23(19)25(30)31)17-9-11-20(12-10-17)28-27(34)29-21-5-4-6-22(14-21)35-3/h4-14,16,24H,15H2,1-3H3,(H,32,33)(H2,28,29,34)/t24-/m0/s1. The van der Waals surface area contributed by atoms with Crippen LogP contribution in [0, 0.1) is 5.92 Å². The molecule has 35 heavy (non-hydrogen) atoms. The van der Waals surface area contributed by atoms with Gasteiger partial charge in [0.15, 0.2) is 0 Å². The Kier molecular flexibility index (Phi) is 6.73. The fourth-order valence-electron chi connectivity index (χ4n) is 4.25. The summed E-state index contributed by atoms with van der Waals surface area (Å²) in [6.45, 7) is 3.88. The number of carboxylic acid groups (broad SMARTS) is 1. The molecular weight excluding hydrogens is 446 g/mol. The lowest BCUT2D eigenvalue weighted by molar-refractivity contribution is -0.144. The van der Waals surface area contributed by atoms with Gasteiger partial charge in [0.2, 0.25) is 0 Å². The second kappa shape index (κ2) is 9.89. The Hall–Kier alpha value is -4.33. The van der Waals surface area contributed by atoms with E-state index in [0.29, 0.717) is 22.7 Å². The van der Waals surface area contributed by atoms with E-state index >= 15 is 0 Å². The molecule has 0 fully saturated rings. The van der Waals surface area contributed by atoms with Gasteiger partial charge in [0.05, 0.1) is 7.11 Å². The van der Waals surface area contributed by atoms with Gasteiger partial charge in [0, 0.05) is 29.5 Å². The molecule has 1 aliphatic rings. The fraction of sp³-hybridized carbons (Fsp3) is 0.222. The Balaban J connectivity index is 1.46. The van der Waals surface area contributed by atoms with Gasteiger partial charge in [-0.2, -0.15) is 0 Å². The second-order valence-electron chi connectivity index (χ2n) is 8.72. The van der Waals surface area contributed by atoms with Crippen molar-refractivity contribution in [2.45, 2.75) is 26.4 Å². The van der Waals surface area contributed by atoms with Crippen molar-refractivity contribution in [3.8, 4) is 16.9 Å². The number of benzene rings is 3. The van der Waals surface area contributed by atoms with Crippen LogP contribution >= 0.6 is 0 Å². The van der Waals surface area contributed by atoms with Gasteiger partial charge in [0.25, 0.3) is 5.91 Å². The molecule has 0 saturated heterocycles. The average molecular weight is 474 g/mol. The normalized spacial score (nSPS) is 13.4. The summed E-state index contributed by atoms with van der Waals surface area (Å²) < 4.78 is 5.16. The van der Waals surface area contributed by atoms with Crippen molar-refractivity contribution in [2.75, 3.05) is 17.7 Å². The molecule has 0 unspecified atom stereocenters. The SMILES string of the molecule is COc1cccc(NC(=O)Nc2ccc(-c3ccc4c(c3)C(=O)N([C@H](C(=O)O)C(C)C)C4)cc2)c1. The number of nitrogens with one attached hydrogen (secondary N) is 2. The molecule has 3 aromatic carbocycles. The number of carboxylic acids is 1. The number of aliphatic carboxylic acids is 1. The van der Waals surface area contributed by atoms with Crippen molar-refractivity contribution in [2.24, 2.45) is 5.92 Å². The number of urea groups is 1. The van der Waals surface area contributed by atoms with Crippen LogP contribution in [-0.2, 0) is 11.3 Å². The first-order valence-corrected chi connectivity index (χ1v) is 11.3. The average Bonchev–Trinajstić information content (AvgIpc) is 3.14. The van der Waals surface area contributed by atoms with Crippen LogP contribution in [-0.4, -0.2) is 41.1 Å². The molecule has 0 bridgehead atoms. The van der Waals surface area contributed by atoms with Crippen LogP contribution in [0.15, 0.2) is 66.7 Å². The van der Waals surface area contributed by atoms with Crippen molar-refractivity contribution in [1.29, 1.82) is 0 Å². The summed E-state index contributed by atoms with van der Waals surface area (Å²) in [6, 6.07) is 18.7. The minimum atomic E-state index is -1.00. The third kappa shape index (κ3) is 5.11. The molecule has 3 N–H and O–H groups in total. The van der Waals surface area contributed by atoms with Gasteiger partial charge >= 0.3 is 12.0 Å². The molecule has 8 heteroatoms. The van der Waals surface area contributed by atoms with Crippen LogP contribution in [0.3, 0.4) is 0 Å². The highest BCUT2D eigenvalue weighted by Gasteiger charge is 2.38. The Morgan fingerprint density at radius 1 is 0.943 bits per heavy atom. The van der Waals surface area contributed by atoms with Crippen LogP contribution in [0.4, 0.5) is 16.2 Å². The Labute approximate surface area is 203 Å². The maximum Gasteiger partial charge on any atom is 0.326 e. The topological polar surface area (TPSA) is 108 Å². The first-order valence-electron chi connectivity index (χ1n) is 11.3. The molecule has 0 spiro atoms. The highest BCUT2D eigenvalue weighted by atomic mass is 16.5. The number of carbonyl (C=O) groups is 3. The van der Waals surface area contributed by atoms with Crippen molar-refractivity contribution < 1.29 is 24.2 Å². The quantitative estimate of drug-likeness (QED) is 0.444. The van der Waals surface area contributed by atoms with Crippen molar-refractivity contribution in [3.05, 3.63) is 77.9 Å². The van der Waals surface area contributed by atoms with E-state index in [-0.39, 0.29) is 24.4 Å². The summed E-state index contributed by atoms with van der Waals surface area (Å²) in [5, 5.41) is 15.1. The number of hydrogen-bond acceptors (Lipinski definition) is 4. The number of hydrogen-bond donors (Lipinski definition) is 3. The number of rotatable bonds is 7. The minimum absolute atomic E-state index is 0.202. The number of amides is 3. The number of ether oxygens (including phenoxy) is 1. The molecule has 8 nitrogen and oxygen atoms in total. The van der Waals surface area contributed by atoms with Crippen LogP contribution < -0.4 is 15.4 Å². The molecule has 1 atom stereocenters. The van der Waals surface area contributed by atoms with E-state index in [9.17, 15) is 19.5 Å². The predicted molar refractivity (Wildman–Crippen MR) is 134 cm³/mol. The monoisotopic (exact) mass is 473 g/mol. The largest absolute Gasteiger partial charge is 0.497 e. The Morgan fingerprint density at radius 3 is 2.29 bits per heavy atom. The van der Waals surface area contributed by atoms with E-state index in [1.807, 2.05) is 24.3 Å². The van der Waals surface area contributed by atoms with Crippen molar-refractivity contribution in [3.63, 3.8) is 0 Å². The molecule has 1 heterocycles. The summed E-state index contributed by atoms with van der Waals surface area (Å²) in [7, 11) is 1.56. The number of anilines is 2. The van der Waals surface area contributed by atoms with Crippen LogP contribution in [0.5, 0.6) is 5.75 Å². The van der Waals surface area contributed by atoms with Crippen molar-refractivity contribution in [1.82, 2.24) is 4.90 Å². The molecule has 0 aliphatic carbocycles. The molecule has 4 rings (SSSR count). The minimum Gasteiger partial charge on any atom is -0.497 e. The molecule has 0 radical (unpaired) electrons. The van der Waals surface area contributed by atoms with E-state index < -0.39 is 12.0 Å². The zero-order valence-corrected chi connectivity index (χ0v) is 19.7. The molecular formula is C27H27N3O5. The van der Waals surface area contributed by atoms with Gasteiger partial charge in [-0.15, -0.1) is 0 Å². The van der Waals surface area contributed by atoms with Crippen molar-refractivity contribution >= 4 is 29.3 Å². The summed E-state index contributed by atoms with van der Waals surface area (Å²) >= 11 is 0. The lowest BCUT2D eigenvalue weighted by Crippen LogP contribution is -2.44. The second-order valence-corrected chi connectivity index (χ2v) is 8.72. The number of methoxy groups -OCH3 is 1. The third-order valence-corrected chi connectivity index (χ3v) is 5.97. The van der Waals surface area contributed by atoms with Gasteiger partial charge < -0.3 is 25.4 Å². The molecule has 3 aromatic rings. The number of nitrogens with zero attached hydrogens (tertiary/aromatic N) is 1. The highest BCUT2D eigenvalue weighted by molar-refractivity contribution is 6.02. The zero-order valence-electron chi connectivity index (χ0n) is 19.7. The van der Waals surface area contributed by atoms with E-state index in [1.54, 1.807) is 63.4 Å². The van der Waals surface area contributed by atoms with E-state index in [1.165, 1.54) is 4.90 Å². The first kappa shape index (κ1) is 23.8. The predicted octanol–water partition coefficient (Wildman–Crippen LogP) is 5.07. The molecule has 180 valence electrons. The maximum atomic E-state index is 13.0. The molecule has 0 saturated carbocycles. The fourth-order valence-corrected chi connectivity index (χ4v) is 4.25. The van der Waals surface area contributed by atoms with Gasteiger partial charge in [-0.1, -0.05) is 44.2 Å². The summed E-state index contributed by atoms with van der Waals surface area (Å²) in [6.07, 6.45) is 0. The third-order valence-electron chi connectivity index (χ3n) is 5.97. The zero-order chi connectivity index (χ0) is 25.1. The summed E-state index contributed by atoms with van der Waals surface area (Å²) in [5.74, 6) is -0.826. The molecule has 0 aromatic heterocycles. The first-order chi connectivity index (χ1) is 16.8. The lowest BCUT2D eigenvalue weighted by Gasteiger charge is -2.27. The van der Waals surface area contributed by atoms with Gasteiger partial charge in [-0.05, 0) is 52.9 Å². The molecule has 3 amide bonds. The van der Waals surface area contributed by atoms with Crippen LogP contribution in [0.2, 0.25) is 0 Å². The smallest absolute Gasteiger partial charge is 0.326 e. The lowest BCUT2D eigenvalue weighted by atomic mass is 10.00.